The van der Waals surface area contributed by atoms with Gasteiger partial charge in [0.25, 0.3) is 5.91 Å². The molecule has 0 unspecified atom stereocenters. The van der Waals surface area contributed by atoms with Gasteiger partial charge >= 0.3 is 6.18 Å². The molecule has 0 radical (unpaired) electrons. The van der Waals surface area contributed by atoms with Crippen molar-refractivity contribution in [2.24, 2.45) is 11.3 Å². The molecule has 0 saturated heterocycles. The molecular formula is C24H28F5N7O4. The monoisotopic (exact) mass is 573 g/mol. The Morgan fingerprint density at radius 2 is 1.88 bits per heavy atom. The Kier molecular flexibility index (Phi) is 7.84. The lowest BCUT2D eigenvalue weighted by atomic mass is 9.81. The van der Waals surface area contributed by atoms with Crippen LogP contribution in [0.4, 0.5) is 22.0 Å². The van der Waals surface area contributed by atoms with Gasteiger partial charge in [-0.15, -0.1) is 0 Å². The average Bonchev–Trinajstić information content (AvgIpc) is 3.47. The van der Waals surface area contributed by atoms with Gasteiger partial charge in [0.1, 0.15) is 5.69 Å². The van der Waals surface area contributed by atoms with Crippen molar-refractivity contribution < 1.29 is 41.3 Å². The summed E-state index contributed by atoms with van der Waals surface area (Å²) in [4.78, 5) is 29.5. The minimum Gasteiger partial charge on any atom is -0.369 e. The van der Waals surface area contributed by atoms with Crippen LogP contribution in [0.2, 0.25) is 0 Å². The topological polar surface area (TPSA) is 148 Å². The number of amides is 2. The minimum atomic E-state index is -4.62. The van der Waals surface area contributed by atoms with Crippen molar-refractivity contribution in [3.05, 3.63) is 41.1 Å². The maximum Gasteiger partial charge on any atom is 0.394 e. The number of aliphatic hydroxyl groups excluding tert-OH is 1. The number of imidazole rings is 1. The molecule has 16 heteroatoms. The van der Waals surface area contributed by atoms with Gasteiger partial charge in [0, 0.05) is 24.8 Å². The highest BCUT2D eigenvalue weighted by Gasteiger charge is 2.48. The fourth-order valence-corrected chi connectivity index (χ4v) is 4.47. The number of aliphatic hydroxyl groups is 1. The molecule has 1 saturated carbocycles. The Morgan fingerprint density at radius 3 is 2.48 bits per heavy atom. The van der Waals surface area contributed by atoms with Crippen LogP contribution < -0.4 is 10.6 Å². The molecule has 0 spiro atoms. The number of carbonyl (C=O) groups excluding carboxylic acids is 2. The summed E-state index contributed by atoms with van der Waals surface area (Å²) >= 11 is 0. The molecular weight excluding hydrogens is 545 g/mol. The van der Waals surface area contributed by atoms with E-state index in [0.29, 0.717) is 5.69 Å². The first kappa shape index (κ1) is 29.3. The Labute approximate surface area is 224 Å². The lowest BCUT2D eigenvalue weighted by Crippen LogP contribution is -2.39. The highest BCUT2D eigenvalue weighted by atomic mass is 19.4. The second-order valence-electron chi connectivity index (χ2n) is 10.6. The largest absolute Gasteiger partial charge is 0.394 e. The van der Waals surface area contributed by atoms with Crippen LogP contribution in [0.1, 0.15) is 85.7 Å². The Morgan fingerprint density at radius 1 is 1.20 bits per heavy atom. The second-order valence-corrected chi connectivity index (χ2v) is 10.6. The van der Waals surface area contributed by atoms with Gasteiger partial charge in [-0.3, -0.25) is 9.59 Å². The van der Waals surface area contributed by atoms with Gasteiger partial charge in [-0.2, -0.15) is 18.3 Å². The zero-order chi connectivity index (χ0) is 29.5. The van der Waals surface area contributed by atoms with E-state index in [1.54, 1.807) is 0 Å². The molecule has 3 N–H and O–H groups in total. The van der Waals surface area contributed by atoms with Crippen molar-refractivity contribution in [2.75, 3.05) is 0 Å². The molecule has 1 fully saturated rings. The molecule has 3 aromatic heterocycles. The molecule has 3 aromatic rings. The molecule has 2 atom stereocenters. The predicted octanol–water partition coefficient (Wildman–Crippen LogP) is 3.80. The van der Waals surface area contributed by atoms with E-state index < -0.39 is 53.9 Å². The number of rotatable bonds is 8. The molecule has 40 heavy (non-hydrogen) atoms. The van der Waals surface area contributed by atoms with Crippen molar-refractivity contribution in [1.29, 1.82) is 0 Å². The van der Waals surface area contributed by atoms with Gasteiger partial charge in [-0.05, 0) is 36.9 Å². The third-order valence-corrected chi connectivity index (χ3v) is 7.05. The number of hydrogen-bond acceptors (Lipinski definition) is 8. The summed E-state index contributed by atoms with van der Waals surface area (Å²) in [7, 11) is 0. The van der Waals surface area contributed by atoms with Crippen molar-refractivity contribution in [3.8, 4) is 0 Å². The summed E-state index contributed by atoms with van der Waals surface area (Å²) in [6.07, 6.45) is -5.02. The van der Waals surface area contributed by atoms with Crippen LogP contribution in [0.25, 0.3) is 5.65 Å². The number of alkyl halides is 5. The average molecular weight is 574 g/mol. The summed E-state index contributed by atoms with van der Waals surface area (Å²) in [5, 5.41) is 26.6. The van der Waals surface area contributed by atoms with E-state index >= 15 is 0 Å². The van der Waals surface area contributed by atoms with E-state index in [2.05, 4.69) is 35.7 Å². The van der Waals surface area contributed by atoms with Crippen LogP contribution in [0.3, 0.4) is 0 Å². The van der Waals surface area contributed by atoms with E-state index in [9.17, 15) is 36.6 Å². The summed E-state index contributed by atoms with van der Waals surface area (Å²) in [6, 6.07) is 0.551. The molecule has 2 amide bonds. The lowest BCUT2D eigenvalue weighted by molar-refractivity contribution is -0.214. The second kappa shape index (κ2) is 10.7. The van der Waals surface area contributed by atoms with Crippen LogP contribution in [0, 0.1) is 18.3 Å². The molecule has 3 heterocycles. The van der Waals surface area contributed by atoms with Crippen molar-refractivity contribution in [3.63, 3.8) is 0 Å². The predicted molar refractivity (Wildman–Crippen MR) is 127 cm³/mol. The fraction of sp³-hybridized carbons (Fsp3) is 0.583. The molecule has 1 aliphatic rings. The first-order valence-electron chi connectivity index (χ1n) is 12.4. The summed E-state index contributed by atoms with van der Waals surface area (Å²) in [6.45, 7) is 3.27. The third kappa shape index (κ3) is 6.37. The first-order chi connectivity index (χ1) is 18.6. The highest BCUT2D eigenvalue weighted by molar-refractivity contribution is 5.93. The Hall–Kier alpha value is -3.69. The van der Waals surface area contributed by atoms with Crippen LogP contribution in [-0.4, -0.2) is 53.9 Å². The Bertz CT molecular complexity index is 1380. The molecule has 218 valence electrons. The SMILES string of the molecule is Cc1nonc1C(=O)N[C@H](c1cn2ncc([C@@H](O)NC(=O)CC(C)(C)C(F)(F)F)cc2n1)C1CCC(F)(F)CC1. The molecule has 11 nitrogen and oxygen atoms in total. The molecule has 0 bridgehead atoms. The van der Waals surface area contributed by atoms with Gasteiger partial charge in [0.05, 0.1) is 29.5 Å². The number of fused-ring (bicyclic) bond motifs is 1. The molecule has 0 aromatic carbocycles. The maximum atomic E-state index is 13.9. The normalized spacial score (nSPS) is 17.9. The van der Waals surface area contributed by atoms with Gasteiger partial charge in [0.15, 0.2) is 17.6 Å². The quantitative estimate of drug-likeness (QED) is 0.272. The van der Waals surface area contributed by atoms with Gasteiger partial charge in [-0.25, -0.2) is 22.9 Å². The first-order valence-corrected chi connectivity index (χ1v) is 12.4. The molecule has 4 rings (SSSR count). The van der Waals surface area contributed by atoms with Gasteiger partial charge in [0.2, 0.25) is 11.8 Å². The molecule has 0 aliphatic heterocycles. The number of aromatic nitrogens is 5. The summed E-state index contributed by atoms with van der Waals surface area (Å²) in [5.74, 6) is -4.85. The van der Waals surface area contributed by atoms with Crippen LogP contribution in [0.15, 0.2) is 23.1 Å². The molecule has 1 aliphatic carbocycles. The van der Waals surface area contributed by atoms with E-state index in [1.807, 2.05) is 0 Å². The zero-order valence-corrected chi connectivity index (χ0v) is 21.8. The van der Waals surface area contributed by atoms with Crippen molar-refractivity contribution in [2.45, 2.75) is 77.2 Å². The number of carbonyl (C=O) groups is 2. The third-order valence-electron chi connectivity index (χ3n) is 7.05. The van der Waals surface area contributed by atoms with Crippen LogP contribution in [-0.2, 0) is 4.79 Å². The van der Waals surface area contributed by atoms with E-state index in [0.717, 1.165) is 13.8 Å². The Balaban J connectivity index is 1.56. The van der Waals surface area contributed by atoms with E-state index in [1.165, 1.54) is 29.9 Å². The van der Waals surface area contributed by atoms with Crippen molar-refractivity contribution in [1.82, 2.24) is 35.5 Å². The van der Waals surface area contributed by atoms with Crippen LogP contribution >= 0.6 is 0 Å². The van der Waals surface area contributed by atoms with E-state index in [4.69, 9.17) is 0 Å². The standard InChI is InChI=1S/C24H28F5N7O4/c1-12-18(35-40-34-12)21(39)33-19(13-4-6-23(25,26)7-5-13)15-11-36-16(31-15)8-14(10-30-36)20(38)32-17(37)9-22(2,3)24(27,28)29/h8,10-11,13,19-20,38H,4-7,9H2,1-3H3,(H,32,37)(H,33,39)/t19-,20+/m0/s1. The van der Waals surface area contributed by atoms with Crippen molar-refractivity contribution >= 4 is 17.5 Å². The van der Waals surface area contributed by atoms with Gasteiger partial charge < -0.3 is 15.7 Å². The fourth-order valence-electron chi connectivity index (χ4n) is 4.47. The summed E-state index contributed by atoms with van der Waals surface area (Å²) in [5.41, 5.74) is -1.61. The number of nitrogens with zero attached hydrogens (tertiary/aromatic N) is 5. The maximum absolute atomic E-state index is 13.9. The number of halogens is 5. The number of nitrogens with one attached hydrogen (secondary N) is 2. The van der Waals surface area contributed by atoms with Gasteiger partial charge in [-0.1, -0.05) is 19.0 Å². The summed E-state index contributed by atoms with van der Waals surface area (Å²) < 4.78 is 72.9. The van der Waals surface area contributed by atoms with Crippen LogP contribution in [0.5, 0.6) is 0 Å². The lowest BCUT2D eigenvalue weighted by Gasteiger charge is -2.33. The minimum absolute atomic E-state index is 0.0463. The smallest absolute Gasteiger partial charge is 0.369 e. The number of aryl methyl sites for hydroxylation is 1. The van der Waals surface area contributed by atoms with E-state index in [-0.39, 0.29) is 48.3 Å². The zero-order valence-electron chi connectivity index (χ0n) is 21.8. The highest BCUT2D eigenvalue weighted by Crippen LogP contribution is 2.42. The number of hydrogen-bond donors (Lipinski definition) is 3.